The van der Waals surface area contributed by atoms with Gasteiger partial charge in [0.15, 0.2) is 5.78 Å². The summed E-state index contributed by atoms with van der Waals surface area (Å²) in [4.78, 5) is 40.6. The van der Waals surface area contributed by atoms with E-state index in [1.807, 2.05) is 6.08 Å². The van der Waals surface area contributed by atoms with Crippen molar-refractivity contribution in [2.75, 3.05) is 7.11 Å². The summed E-state index contributed by atoms with van der Waals surface area (Å²) in [5.74, 6) is -0.429. The van der Waals surface area contributed by atoms with Crippen molar-refractivity contribution in [2.24, 2.45) is 49.2 Å². The van der Waals surface area contributed by atoms with Crippen molar-refractivity contribution < 1.29 is 23.9 Å². The maximum absolute atomic E-state index is 14.8. The van der Waals surface area contributed by atoms with Gasteiger partial charge in [-0.2, -0.15) is 0 Å². The minimum absolute atomic E-state index is 0.0470. The molecule has 0 radical (unpaired) electrons. The van der Waals surface area contributed by atoms with Gasteiger partial charge < -0.3 is 9.47 Å². The molecule has 8 atom stereocenters. The fourth-order valence-corrected chi connectivity index (χ4v) is 12.4. The van der Waals surface area contributed by atoms with Gasteiger partial charge in [0.1, 0.15) is 6.10 Å². The summed E-state index contributed by atoms with van der Waals surface area (Å²) in [6.45, 7) is 24.4. The monoisotopic (exact) mass is 566 g/mol. The number of rotatable bonds is 3. The Labute approximate surface area is 248 Å². The molecule has 0 aromatic heterocycles. The Bertz CT molecular complexity index is 1230. The highest BCUT2D eigenvalue weighted by Gasteiger charge is 2.76. The molecular weight excluding hydrogens is 512 g/mol. The Balaban J connectivity index is 1.70. The molecule has 5 rings (SSSR count). The zero-order chi connectivity index (χ0) is 30.7. The van der Waals surface area contributed by atoms with Gasteiger partial charge in [0.2, 0.25) is 0 Å². The summed E-state index contributed by atoms with van der Waals surface area (Å²) >= 11 is 0. The third-order valence-electron chi connectivity index (χ3n) is 14.6. The first-order chi connectivity index (χ1) is 18.8. The molecule has 0 heterocycles. The van der Waals surface area contributed by atoms with Crippen LogP contribution in [0.15, 0.2) is 24.3 Å². The van der Waals surface area contributed by atoms with Crippen LogP contribution < -0.4 is 0 Å². The molecule has 0 amide bonds. The van der Waals surface area contributed by atoms with Crippen molar-refractivity contribution in [1.29, 1.82) is 0 Å². The fraction of sp³-hybridized carbons (Fsp3) is 0.806. The zero-order valence-corrected chi connectivity index (χ0v) is 27.4. The third-order valence-corrected chi connectivity index (χ3v) is 14.6. The highest BCUT2D eigenvalue weighted by Crippen LogP contribution is 2.80. The highest BCUT2D eigenvalue weighted by atomic mass is 16.5. The first-order valence-electron chi connectivity index (χ1n) is 15.9. The Morgan fingerprint density at radius 3 is 2.10 bits per heavy atom. The van der Waals surface area contributed by atoms with E-state index in [2.05, 4.69) is 68.0 Å². The number of esters is 2. The van der Waals surface area contributed by atoms with Crippen LogP contribution in [-0.2, 0) is 23.9 Å². The van der Waals surface area contributed by atoms with Crippen LogP contribution in [-0.4, -0.2) is 30.9 Å². The fourth-order valence-electron chi connectivity index (χ4n) is 12.4. The maximum Gasteiger partial charge on any atom is 0.312 e. The second-order valence-electron chi connectivity index (χ2n) is 16.8. The van der Waals surface area contributed by atoms with Gasteiger partial charge in [-0.1, -0.05) is 67.0 Å². The Kier molecular flexibility index (Phi) is 6.57. The van der Waals surface area contributed by atoms with E-state index >= 15 is 0 Å². The molecule has 0 saturated heterocycles. The molecule has 0 spiro atoms. The van der Waals surface area contributed by atoms with Gasteiger partial charge in [0.05, 0.1) is 12.5 Å². The Morgan fingerprint density at radius 2 is 1.51 bits per heavy atom. The smallest absolute Gasteiger partial charge is 0.312 e. The van der Waals surface area contributed by atoms with Gasteiger partial charge in [0, 0.05) is 23.7 Å². The van der Waals surface area contributed by atoms with Crippen molar-refractivity contribution in [3.63, 3.8) is 0 Å². The molecule has 4 fully saturated rings. The standard InChI is InChI=1S/C36H54O5/c1-12-36-20-17-31(7)25(32(36,8)14-13-26(30(36,5)6)41-23(2)37)21-24(38)27-33(31,9)16-19-35(28(39)40-11)18-15-29(3,4)22-34(27,35)10/h12,21,26-27H,1,13-20,22H2,2-11H3/t26?,27?,31-,32-,33-,34+,35-,36+/m1/s1. The molecule has 0 bridgehead atoms. The summed E-state index contributed by atoms with van der Waals surface area (Å²) in [5.41, 5.74) is -1.27. The first-order valence-corrected chi connectivity index (χ1v) is 15.9. The van der Waals surface area contributed by atoms with E-state index in [0.717, 1.165) is 57.8 Å². The molecule has 228 valence electrons. The molecule has 41 heavy (non-hydrogen) atoms. The van der Waals surface area contributed by atoms with Crippen LogP contribution >= 0.6 is 0 Å². The summed E-state index contributed by atoms with van der Waals surface area (Å²) < 4.78 is 11.5. The molecule has 5 heteroatoms. The SMILES string of the molecule is C=C[C@@]12CC[C@]3(C)C(=CC(=O)C4[C@]5(C)CC(C)(C)CC[C@]5(C(=O)OC)CC[C@]43C)[C@@]1(C)CCC(OC(C)=O)C2(C)C. The average molecular weight is 567 g/mol. The topological polar surface area (TPSA) is 69.7 Å². The van der Waals surface area contributed by atoms with Crippen LogP contribution in [0.1, 0.15) is 120 Å². The van der Waals surface area contributed by atoms with Crippen LogP contribution in [0.2, 0.25) is 0 Å². The highest BCUT2D eigenvalue weighted by molar-refractivity contribution is 5.97. The number of hydrogen-bond donors (Lipinski definition) is 0. The normalized spacial score (nSPS) is 47.9. The molecule has 0 N–H and O–H groups in total. The second kappa shape index (κ2) is 8.82. The van der Waals surface area contributed by atoms with Crippen molar-refractivity contribution >= 4 is 17.7 Å². The van der Waals surface area contributed by atoms with Crippen LogP contribution in [0, 0.1) is 49.2 Å². The zero-order valence-electron chi connectivity index (χ0n) is 27.4. The number of allylic oxidation sites excluding steroid dienone is 3. The van der Waals surface area contributed by atoms with Crippen molar-refractivity contribution in [3.05, 3.63) is 24.3 Å². The van der Waals surface area contributed by atoms with Crippen LogP contribution in [0.4, 0.5) is 0 Å². The molecule has 2 unspecified atom stereocenters. The van der Waals surface area contributed by atoms with Gasteiger partial charge in [-0.05, 0) is 90.9 Å². The molecule has 0 aromatic carbocycles. The predicted octanol–water partition coefficient (Wildman–Crippen LogP) is 8.02. The minimum atomic E-state index is -0.633. The van der Waals surface area contributed by atoms with E-state index in [1.165, 1.54) is 19.6 Å². The lowest BCUT2D eigenvalue weighted by Gasteiger charge is -2.74. The van der Waals surface area contributed by atoms with Gasteiger partial charge in [-0.3, -0.25) is 14.4 Å². The molecular formula is C36H54O5. The number of ether oxygens (including phenoxy) is 2. The van der Waals surface area contributed by atoms with E-state index in [-0.39, 0.29) is 62.2 Å². The van der Waals surface area contributed by atoms with E-state index in [9.17, 15) is 14.4 Å². The number of hydrogen-bond acceptors (Lipinski definition) is 5. The number of ketones is 1. The van der Waals surface area contributed by atoms with E-state index < -0.39 is 10.8 Å². The van der Waals surface area contributed by atoms with Gasteiger partial charge in [-0.25, -0.2) is 0 Å². The first kappa shape index (κ1) is 30.5. The average Bonchev–Trinajstić information content (AvgIpc) is 2.86. The third kappa shape index (κ3) is 3.44. The lowest BCUT2D eigenvalue weighted by Crippen LogP contribution is -2.71. The predicted molar refractivity (Wildman–Crippen MR) is 161 cm³/mol. The summed E-state index contributed by atoms with van der Waals surface area (Å²) in [5, 5.41) is 0. The van der Waals surface area contributed by atoms with Crippen molar-refractivity contribution in [2.45, 2.75) is 126 Å². The maximum atomic E-state index is 14.8. The molecule has 0 aliphatic heterocycles. The van der Waals surface area contributed by atoms with Gasteiger partial charge >= 0.3 is 11.9 Å². The van der Waals surface area contributed by atoms with Crippen LogP contribution in [0.3, 0.4) is 0 Å². The van der Waals surface area contributed by atoms with E-state index in [0.29, 0.717) is 0 Å². The number of methoxy groups -OCH3 is 1. The summed E-state index contributed by atoms with van der Waals surface area (Å²) in [6, 6.07) is 0. The summed E-state index contributed by atoms with van der Waals surface area (Å²) in [6.07, 6.45) is 11.6. The van der Waals surface area contributed by atoms with Crippen molar-refractivity contribution in [3.8, 4) is 0 Å². The minimum Gasteiger partial charge on any atom is -0.469 e. The summed E-state index contributed by atoms with van der Waals surface area (Å²) in [7, 11) is 1.51. The number of carbonyl (C=O) groups excluding carboxylic acids is 3. The largest absolute Gasteiger partial charge is 0.469 e. The Morgan fingerprint density at radius 1 is 0.878 bits per heavy atom. The van der Waals surface area contributed by atoms with Crippen molar-refractivity contribution in [1.82, 2.24) is 0 Å². The van der Waals surface area contributed by atoms with E-state index in [4.69, 9.17) is 9.47 Å². The van der Waals surface area contributed by atoms with E-state index in [1.54, 1.807) is 0 Å². The van der Waals surface area contributed by atoms with Crippen LogP contribution in [0.25, 0.3) is 0 Å². The molecule has 5 aliphatic carbocycles. The second-order valence-corrected chi connectivity index (χ2v) is 16.8. The molecule has 5 nitrogen and oxygen atoms in total. The van der Waals surface area contributed by atoms with Gasteiger partial charge in [0.25, 0.3) is 0 Å². The lowest BCUT2D eigenvalue weighted by atomic mass is 9.29. The quantitative estimate of drug-likeness (QED) is 0.256. The number of fused-ring (bicyclic) bond motifs is 7. The van der Waals surface area contributed by atoms with Crippen LogP contribution in [0.5, 0.6) is 0 Å². The Hall–Kier alpha value is -1.91. The van der Waals surface area contributed by atoms with Gasteiger partial charge in [-0.15, -0.1) is 6.58 Å². The molecule has 0 aromatic rings. The number of carbonyl (C=O) groups is 3. The molecule has 5 aliphatic rings. The molecule has 4 saturated carbocycles. The lowest BCUT2D eigenvalue weighted by molar-refractivity contribution is -0.228.